The molecule has 2 fully saturated rings. The van der Waals surface area contributed by atoms with Crippen molar-refractivity contribution < 1.29 is 14.6 Å². The molecule has 1 N–H and O–H groups in total. The number of aromatic nitrogens is 2. The van der Waals surface area contributed by atoms with E-state index in [0.717, 1.165) is 30.1 Å². The highest BCUT2D eigenvalue weighted by molar-refractivity contribution is 6.35. The molecular weight excluding hydrogens is 438 g/mol. The Hall–Kier alpha value is -2.34. The highest BCUT2D eigenvalue weighted by Gasteiger charge is 2.30. The Morgan fingerprint density at radius 1 is 1.03 bits per heavy atom. The van der Waals surface area contributed by atoms with Crippen molar-refractivity contribution in [3.8, 4) is 17.0 Å². The van der Waals surface area contributed by atoms with Crippen molar-refractivity contribution in [1.82, 2.24) is 9.97 Å². The van der Waals surface area contributed by atoms with Crippen LogP contribution in [0.4, 0.5) is 5.82 Å². The second kappa shape index (κ2) is 9.88. The van der Waals surface area contributed by atoms with Crippen LogP contribution in [0.3, 0.4) is 0 Å². The smallest absolute Gasteiger partial charge is 0.306 e. The molecule has 1 saturated carbocycles. The van der Waals surface area contributed by atoms with Gasteiger partial charge in [-0.15, -0.1) is 0 Å². The minimum absolute atomic E-state index is 0.275. The highest BCUT2D eigenvalue weighted by atomic mass is 35.5. The van der Waals surface area contributed by atoms with E-state index in [4.69, 9.17) is 16.3 Å². The van der Waals surface area contributed by atoms with Crippen LogP contribution in [0.1, 0.15) is 59.3 Å². The number of halogens is 1. The SMILES string of the molecule is CC(C)(C)C1CCC(Oc2ccc(-c3ncnc(N4CCC(C(=O)O)CC4)c3Cl)cc2)CC1. The molecule has 2 aliphatic rings. The molecular formula is C26H34ClN3O3. The van der Waals surface area contributed by atoms with Gasteiger partial charge in [-0.3, -0.25) is 4.79 Å². The van der Waals surface area contributed by atoms with Gasteiger partial charge in [0, 0.05) is 18.7 Å². The van der Waals surface area contributed by atoms with Gasteiger partial charge in [-0.1, -0.05) is 32.4 Å². The van der Waals surface area contributed by atoms with Gasteiger partial charge in [0.2, 0.25) is 0 Å². The van der Waals surface area contributed by atoms with Crippen LogP contribution in [0, 0.1) is 17.3 Å². The Bertz CT molecular complexity index is 958. The van der Waals surface area contributed by atoms with E-state index in [0.29, 0.717) is 47.9 Å². The number of anilines is 1. The van der Waals surface area contributed by atoms with Crippen LogP contribution in [0.2, 0.25) is 5.02 Å². The Kier molecular flexibility index (Phi) is 7.13. The Balaban J connectivity index is 1.40. The van der Waals surface area contributed by atoms with Crippen LogP contribution in [-0.4, -0.2) is 40.2 Å². The van der Waals surface area contributed by atoms with Gasteiger partial charge >= 0.3 is 5.97 Å². The average molecular weight is 472 g/mol. The molecule has 6 nitrogen and oxygen atoms in total. The van der Waals surface area contributed by atoms with Crippen molar-refractivity contribution in [2.45, 2.75) is 65.4 Å². The predicted octanol–water partition coefficient (Wildman–Crippen LogP) is 6.08. The summed E-state index contributed by atoms with van der Waals surface area (Å²) in [7, 11) is 0. The van der Waals surface area contributed by atoms with E-state index >= 15 is 0 Å². The van der Waals surface area contributed by atoms with Crippen LogP contribution < -0.4 is 9.64 Å². The van der Waals surface area contributed by atoms with Gasteiger partial charge in [0.15, 0.2) is 5.82 Å². The predicted molar refractivity (Wildman–Crippen MR) is 131 cm³/mol. The Morgan fingerprint density at radius 2 is 1.67 bits per heavy atom. The number of carboxylic acids is 1. The number of ether oxygens (including phenoxy) is 1. The standard InChI is InChI=1S/C26H34ClN3O3/c1-26(2,3)19-6-10-21(11-7-19)33-20-8-4-17(5-9-20)23-22(27)24(29-16-28-23)30-14-12-18(13-15-30)25(31)32/h4-5,8-9,16,18-19,21H,6-7,10-15H2,1-3H3,(H,31,32). The summed E-state index contributed by atoms with van der Waals surface area (Å²) >= 11 is 6.71. The Labute approximate surface area is 201 Å². The largest absolute Gasteiger partial charge is 0.490 e. The second-order valence-electron chi connectivity index (χ2n) is 10.4. The fourth-order valence-electron chi connectivity index (χ4n) is 5.05. The molecule has 1 aliphatic carbocycles. The molecule has 0 amide bonds. The first-order valence-corrected chi connectivity index (χ1v) is 12.4. The van der Waals surface area contributed by atoms with Crippen LogP contribution in [0.15, 0.2) is 30.6 Å². The van der Waals surface area contributed by atoms with Gasteiger partial charge in [-0.2, -0.15) is 0 Å². The molecule has 33 heavy (non-hydrogen) atoms. The summed E-state index contributed by atoms with van der Waals surface area (Å²) in [5, 5.41) is 9.73. The lowest BCUT2D eigenvalue weighted by Gasteiger charge is -2.36. The molecule has 4 rings (SSSR count). The average Bonchev–Trinajstić information content (AvgIpc) is 2.80. The van der Waals surface area contributed by atoms with E-state index in [1.165, 1.54) is 19.2 Å². The Morgan fingerprint density at radius 3 is 2.24 bits per heavy atom. The van der Waals surface area contributed by atoms with Crippen molar-refractivity contribution in [3.63, 3.8) is 0 Å². The van der Waals surface area contributed by atoms with Gasteiger partial charge in [0.25, 0.3) is 0 Å². The number of benzene rings is 1. The van der Waals surface area contributed by atoms with Crippen molar-refractivity contribution >= 4 is 23.4 Å². The molecule has 7 heteroatoms. The summed E-state index contributed by atoms with van der Waals surface area (Å²) in [4.78, 5) is 22.1. The zero-order valence-electron chi connectivity index (χ0n) is 19.8. The molecule has 0 radical (unpaired) electrons. The van der Waals surface area contributed by atoms with Gasteiger partial charge in [0.05, 0.1) is 17.7 Å². The third-order valence-corrected chi connectivity index (χ3v) is 7.59. The monoisotopic (exact) mass is 471 g/mol. The van der Waals surface area contributed by atoms with Crippen LogP contribution in [0.25, 0.3) is 11.3 Å². The quantitative estimate of drug-likeness (QED) is 0.569. The van der Waals surface area contributed by atoms with E-state index in [9.17, 15) is 9.90 Å². The topological polar surface area (TPSA) is 75.6 Å². The number of piperidine rings is 1. The number of aliphatic carboxylic acids is 1. The minimum Gasteiger partial charge on any atom is -0.490 e. The first-order valence-electron chi connectivity index (χ1n) is 12.0. The maximum atomic E-state index is 11.2. The third kappa shape index (κ3) is 5.60. The molecule has 0 spiro atoms. The second-order valence-corrected chi connectivity index (χ2v) is 10.8. The van der Waals surface area contributed by atoms with E-state index < -0.39 is 5.97 Å². The van der Waals surface area contributed by atoms with Crippen LogP contribution in [-0.2, 0) is 4.79 Å². The number of carbonyl (C=O) groups is 1. The molecule has 2 heterocycles. The third-order valence-electron chi connectivity index (χ3n) is 7.24. The fraction of sp³-hybridized carbons (Fsp3) is 0.577. The maximum absolute atomic E-state index is 11.2. The summed E-state index contributed by atoms with van der Waals surface area (Å²) in [6, 6.07) is 7.96. The van der Waals surface area contributed by atoms with Crippen LogP contribution >= 0.6 is 11.6 Å². The minimum atomic E-state index is -0.728. The number of rotatable bonds is 5. The summed E-state index contributed by atoms with van der Waals surface area (Å²) in [5.41, 5.74) is 1.96. The molecule has 1 aromatic heterocycles. The van der Waals surface area contributed by atoms with Crippen molar-refractivity contribution in [2.75, 3.05) is 18.0 Å². The summed E-state index contributed by atoms with van der Waals surface area (Å²) in [5.74, 6) is 1.29. The van der Waals surface area contributed by atoms with E-state index in [1.807, 2.05) is 24.3 Å². The van der Waals surface area contributed by atoms with E-state index in [-0.39, 0.29) is 12.0 Å². The molecule has 2 aromatic rings. The van der Waals surface area contributed by atoms with E-state index in [1.54, 1.807) is 0 Å². The number of carboxylic acid groups (broad SMARTS) is 1. The maximum Gasteiger partial charge on any atom is 0.306 e. The summed E-state index contributed by atoms with van der Waals surface area (Å²) in [6.07, 6.45) is 7.62. The lowest BCUT2D eigenvalue weighted by molar-refractivity contribution is -0.142. The molecule has 178 valence electrons. The lowest BCUT2D eigenvalue weighted by Crippen LogP contribution is -2.37. The van der Waals surface area contributed by atoms with Crippen molar-refractivity contribution in [3.05, 3.63) is 35.6 Å². The van der Waals surface area contributed by atoms with Gasteiger partial charge in [0.1, 0.15) is 17.1 Å². The molecule has 1 aliphatic heterocycles. The van der Waals surface area contributed by atoms with Gasteiger partial charge in [-0.05, 0) is 74.1 Å². The van der Waals surface area contributed by atoms with Crippen molar-refractivity contribution in [1.29, 1.82) is 0 Å². The first-order chi connectivity index (χ1) is 15.7. The van der Waals surface area contributed by atoms with Gasteiger partial charge in [-0.25, -0.2) is 9.97 Å². The van der Waals surface area contributed by atoms with Crippen molar-refractivity contribution in [2.24, 2.45) is 17.3 Å². The van der Waals surface area contributed by atoms with E-state index in [2.05, 4.69) is 35.6 Å². The summed E-state index contributed by atoms with van der Waals surface area (Å²) in [6.45, 7) is 8.24. The molecule has 1 saturated heterocycles. The van der Waals surface area contributed by atoms with Crippen LogP contribution in [0.5, 0.6) is 5.75 Å². The highest BCUT2D eigenvalue weighted by Crippen LogP contribution is 2.39. The number of hydrogen-bond acceptors (Lipinski definition) is 5. The molecule has 0 bridgehead atoms. The normalized spacial score (nSPS) is 22.2. The van der Waals surface area contributed by atoms with Gasteiger partial charge < -0.3 is 14.7 Å². The number of nitrogens with zero attached hydrogens (tertiary/aromatic N) is 3. The zero-order chi connectivity index (χ0) is 23.6. The molecule has 0 unspecified atom stereocenters. The lowest BCUT2D eigenvalue weighted by atomic mass is 9.72. The fourth-order valence-corrected chi connectivity index (χ4v) is 5.38. The number of hydrogen-bond donors (Lipinski definition) is 1. The summed E-state index contributed by atoms with van der Waals surface area (Å²) < 4.78 is 6.26. The molecule has 0 atom stereocenters. The first kappa shape index (κ1) is 23.8. The zero-order valence-corrected chi connectivity index (χ0v) is 20.5. The molecule has 1 aromatic carbocycles.